The van der Waals surface area contributed by atoms with E-state index in [9.17, 15) is 9.59 Å². The summed E-state index contributed by atoms with van der Waals surface area (Å²) in [5, 5.41) is 11.8. The highest BCUT2D eigenvalue weighted by molar-refractivity contribution is 6.34. The van der Waals surface area contributed by atoms with Gasteiger partial charge in [-0.25, -0.2) is 9.59 Å². The van der Waals surface area contributed by atoms with Crippen LogP contribution in [0.4, 0.5) is 10.5 Å². The highest BCUT2D eigenvalue weighted by Gasteiger charge is 2.18. The average molecular weight is 312 g/mol. The molecule has 114 valence electrons. The van der Waals surface area contributed by atoms with Gasteiger partial charge in [-0.15, -0.1) is 0 Å². The smallest absolute Gasteiger partial charge is 0.335 e. The standard InChI is InChI=1S/C14H18ClN3O3/c1-17-5-2-6-18(8-7-17)14(21)16-12-4-3-10(13(19)20)9-11(12)15/h3-4,9H,2,5-8H2,1H3,(H,16,21)(H,19,20). The molecule has 1 aliphatic rings. The minimum Gasteiger partial charge on any atom is -0.478 e. The van der Waals surface area contributed by atoms with E-state index in [-0.39, 0.29) is 16.6 Å². The number of carbonyl (C=O) groups is 2. The zero-order valence-corrected chi connectivity index (χ0v) is 12.6. The molecule has 1 aromatic carbocycles. The van der Waals surface area contributed by atoms with Crippen molar-refractivity contribution in [2.45, 2.75) is 6.42 Å². The van der Waals surface area contributed by atoms with Crippen LogP contribution in [0.15, 0.2) is 18.2 Å². The van der Waals surface area contributed by atoms with Crippen LogP contribution >= 0.6 is 11.6 Å². The number of nitrogens with one attached hydrogen (secondary N) is 1. The molecule has 21 heavy (non-hydrogen) atoms. The van der Waals surface area contributed by atoms with Crippen LogP contribution in [0.1, 0.15) is 16.8 Å². The molecule has 1 aromatic rings. The van der Waals surface area contributed by atoms with Crippen LogP contribution in [0.2, 0.25) is 5.02 Å². The fourth-order valence-electron chi connectivity index (χ4n) is 2.19. The molecule has 0 unspecified atom stereocenters. The summed E-state index contributed by atoms with van der Waals surface area (Å²) >= 11 is 6.01. The van der Waals surface area contributed by atoms with E-state index in [2.05, 4.69) is 10.2 Å². The van der Waals surface area contributed by atoms with Crippen molar-refractivity contribution in [2.75, 3.05) is 38.5 Å². The largest absolute Gasteiger partial charge is 0.478 e. The fourth-order valence-corrected chi connectivity index (χ4v) is 2.42. The van der Waals surface area contributed by atoms with E-state index in [1.807, 2.05) is 7.05 Å². The molecule has 1 saturated heterocycles. The molecule has 1 heterocycles. The quantitative estimate of drug-likeness (QED) is 0.878. The lowest BCUT2D eigenvalue weighted by Gasteiger charge is -2.21. The predicted octanol–water partition coefficient (Wildman–Crippen LogP) is 2.21. The zero-order valence-electron chi connectivity index (χ0n) is 11.8. The Morgan fingerprint density at radius 2 is 2.00 bits per heavy atom. The van der Waals surface area contributed by atoms with Gasteiger partial charge >= 0.3 is 12.0 Å². The second-order valence-electron chi connectivity index (χ2n) is 5.07. The first kappa shape index (κ1) is 15.6. The predicted molar refractivity (Wildman–Crippen MR) is 81.1 cm³/mol. The summed E-state index contributed by atoms with van der Waals surface area (Å²) in [5.41, 5.74) is 0.513. The van der Waals surface area contributed by atoms with Gasteiger partial charge in [0.25, 0.3) is 0 Å². The van der Waals surface area contributed by atoms with Crippen LogP contribution in [-0.2, 0) is 0 Å². The third-order valence-electron chi connectivity index (χ3n) is 3.46. The Hall–Kier alpha value is -1.79. The summed E-state index contributed by atoms with van der Waals surface area (Å²) in [6.07, 6.45) is 0.926. The Balaban J connectivity index is 2.03. The Bertz CT molecular complexity index is 550. The van der Waals surface area contributed by atoms with Crippen molar-refractivity contribution in [1.82, 2.24) is 9.80 Å². The van der Waals surface area contributed by atoms with Gasteiger partial charge in [-0.2, -0.15) is 0 Å². The van der Waals surface area contributed by atoms with E-state index in [1.54, 1.807) is 4.90 Å². The molecule has 6 nitrogen and oxygen atoms in total. The lowest BCUT2D eigenvalue weighted by Crippen LogP contribution is -2.37. The first-order valence-corrected chi connectivity index (χ1v) is 7.12. The van der Waals surface area contributed by atoms with Crippen molar-refractivity contribution in [3.05, 3.63) is 28.8 Å². The lowest BCUT2D eigenvalue weighted by atomic mass is 10.2. The number of hydrogen-bond acceptors (Lipinski definition) is 3. The lowest BCUT2D eigenvalue weighted by molar-refractivity contribution is 0.0697. The summed E-state index contributed by atoms with van der Waals surface area (Å²) in [6.45, 7) is 3.16. The Labute approximate surface area is 128 Å². The molecular formula is C14H18ClN3O3. The van der Waals surface area contributed by atoms with E-state index >= 15 is 0 Å². The number of urea groups is 1. The third kappa shape index (κ3) is 4.09. The number of carbonyl (C=O) groups excluding carboxylic acids is 1. The molecule has 1 aliphatic heterocycles. The number of halogens is 1. The van der Waals surface area contributed by atoms with Crippen molar-refractivity contribution >= 4 is 29.3 Å². The summed E-state index contributed by atoms with van der Waals surface area (Å²) in [7, 11) is 2.03. The minimum absolute atomic E-state index is 0.0920. The molecule has 2 N–H and O–H groups in total. The van der Waals surface area contributed by atoms with E-state index in [0.717, 1.165) is 19.5 Å². The molecule has 1 fully saturated rings. The van der Waals surface area contributed by atoms with E-state index < -0.39 is 5.97 Å². The van der Waals surface area contributed by atoms with Crippen LogP contribution in [0.5, 0.6) is 0 Å². The number of anilines is 1. The third-order valence-corrected chi connectivity index (χ3v) is 3.78. The van der Waals surface area contributed by atoms with Gasteiger partial charge in [0, 0.05) is 19.6 Å². The van der Waals surface area contributed by atoms with Gasteiger partial charge in [0.05, 0.1) is 16.3 Å². The topological polar surface area (TPSA) is 72.9 Å². The van der Waals surface area contributed by atoms with Gasteiger partial charge < -0.3 is 20.2 Å². The minimum atomic E-state index is -1.05. The Morgan fingerprint density at radius 1 is 1.24 bits per heavy atom. The van der Waals surface area contributed by atoms with Gasteiger partial charge in [0.1, 0.15) is 0 Å². The zero-order chi connectivity index (χ0) is 15.4. The Morgan fingerprint density at radius 3 is 2.67 bits per heavy atom. The molecule has 7 heteroatoms. The number of carboxylic acid groups (broad SMARTS) is 1. The second kappa shape index (κ2) is 6.78. The summed E-state index contributed by atoms with van der Waals surface area (Å²) in [5.74, 6) is -1.05. The maximum absolute atomic E-state index is 12.2. The molecule has 0 saturated carbocycles. The molecule has 2 rings (SSSR count). The molecule has 0 atom stereocenters. The van der Waals surface area contributed by atoms with E-state index in [0.29, 0.717) is 18.8 Å². The van der Waals surface area contributed by atoms with Gasteiger partial charge in [-0.3, -0.25) is 0 Å². The van der Waals surface area contributed by atoms with Crippen molar-refractivity contribution in [1.29, 1.82) is 0 Å². The summed E-state index contributed by atoms with van der Waals surface area (Å²) < 4.78 is 0. The average Bonchev–Trinajstić information content (AvgIpc) is 2.65. The number of benzene rings is 1. The van der Waals surface area contributed by atoms with Crippen LogP contribution in [-0.4, -0.2) is 60.1 Å². The van der Waals surface area contributed by atoms with Crippen molar-refractivity contribution in [3.8, 4) is 0 Å². The SMILES string of the molecule is CN1CCCN(C(=O)Nc2ccc(C(=O)O)cc2Cl)CC1. The number of nitrogens with zero attached hydrogens (tertiary/aromatic N) is 2. The highest BCUT2D eigenvalue weighted by atomic mass is 35.5. The molecule has 0 radical (unpaired) electrons. The molecule has 0 spiro atoms. The molecule has 0 aliphatic carbocycles. The maximum Gasteiger partial charge on any atom is 0.335 e. The summed E-state index contributed by atoms with van der Waals surface area (Å²) in [6, 6.07) is 4.04. The molecule has 0 aromatic heterocycles. The first-order chi connectivity index (χ1) is 9.97. The summed E-state index contributed by atoms with van der Waals surface area (Å²) in [4.78, 5) is 27.0. The molecule has 0 bridgehead atoms. The van der Waals surface area contributed by atoms with Gasteiger partial charge in [0.15, 0.2) is 0 Å². The van der Waals surface area contributed by atoms with Crippen LogP contribution < -0.4 is 5.32 Å². The van der Waals surface area contributed by atoms with Gasteiger partial charge in [0.2, 0.25) is 0 Å². The van der Waals surface area contributed by atoms with E-state index in [1.165, 1.54) is 18.2 Å². The van der Waals surface area contributed by atoms with Crippen molar-refractivity contribution in [3.63, 3.8) is 0 Å². The van der Waals surface area contributed by atoms with Crippen LogP contribution in [0, 0.1) is 0 Å². The number of hydrogen-bond donors (Lipinski definition) is 2. The highest BCUT2D eigenvalue weighted by Crippen LogP contribution is 2.23. The normalized spacial score (nSPS) is 16.4. The van der Waals surface area contributed by atoms with E-state index in [4.69, 9.17) is 16.7 Å². The van der Waals surface area contributed by atoms with Crippen molar-refractivity contribution < 1.29 is 14.7 Å². The first-order valence-electron chi connectivity index (χ1n) is 6.74. The number of aromatic carboxylic acids is 1. The number of amides is 2. The molecule has 2 amide bonds. The van der Waals surface area contributed by atoms with Gasteiger partial charge in [-0.05, 0) is 38.2 Å². The Kier molecular flexibility index (Phi) is 5.03. The fraction of sp³-hybridized carbons (Fsp3) is 0.429. The molecular weight excluding hydrogens is 294 g/mol. The number of carboxylic acids is 1. The van der Waals surface area contributed by atoms with Gasteiger partial charge in [-0.1, -0.05) is 11.6 Å². The number of likely N-dealkylation sites (N-methyl/N-ethyl adjacent to an activating group) is 1. The van der Waals surface area contributed by atoms with Crippen molar-refractivity contribution in [2.24, 2.45) is 0 Å². The second-order valence-corrected chi connectivity index (χ2v) is 5.48. The maximum atomic E-state index is 12.2. The van der Waals surface area contributed by atoms with Crippen LogP contribution in [0.25, 0.3) is 0 Å². The van der Waals surface area contributed by atoms with Crippen LogP contribution in [0.3, 0.4) is 0 Å². The number of rotatable bonds is 2. The monoisotopic (exact) mass is 311 g/mol.